The number of hydrogen-bond acceptors (Lipinski definition) is 8. The lowest BCUT2D eigenvalue weighted by molar-refractivity contribution is -0.126. The van der Waals surface area contributed by atoms with E-state index in [9.17, 15) is 9.59 Å². The number of fused-ring (bicyclic) bond motifs is 1. The highest BCUT2D eigenvalue weighted by atomic mass is 16.6. The van der Waals surface area contributed by atoms with E-state index < -0.39 is 12.0 Å². The summed E-state index contributed by atoms with van der Waals surface area (Å²) >= 11 is 0. The van der Waals surface area contributed by atoms with Crippen molar-refractivity contribution in [3.8, 4) is 11.5 Å². The predicted octanol–water partition coefficient (Wildman–Crippen LogP) is 3.56. The van der Waals surface area contributed by atoms with Gasteiger partial charge in [0.15, 0.2) is 17.2 Å². The van der Waals surface area contributed by atoms with Crippen LogP contribution < -0.4 is 14.8 Å². The van der Waals surface area contributed by atoms with Gasteiger partial charge in [0, 0.05) is 13.1 Å². The fourth-order valence-corrected chi connectivity index (χ4v) is 5.48. The molecule has 0 aliphatic carbocycles. The van der Waals surface area contributed by atoms with E-state index in [1.165, 1.54) is 7.11 Å². The van der Waals surface area contributed by atoms with Crippen LogP contribution in [0.25, 0.3) is 0 Å². The Balaban J connectivity index is 1.28. The van der Waals surface area contributed by atoms with Crippen LogP contribution in [0.3, 0.4) is 0 Å². The zero-order chi connectivity index (χ0) is 28.2. The monoisotopic (exact) mass is 553 g/mol. The number of benzene rings is 3. The van der Waals surface area contributed by atoms with Crippen molar-refractivity contribution in [2.45, 2.75) is 31.1 Å². The molecule has 4 aromatic rings. The molecule has 3 heterocycles. The maximum atomic E-state index is 14.1. The van der Waals surface area contributed by atoms with Gasteiger partial charge in [0.1, 0.15) is 13.2 Å². The summed E-state index contributed by atoms with van der Waals surface area (Å²) in [6.07, 6.45) is 2.08. The molecule has 1 fully saturated rings. The van der Waals surface area contributed by atoms with Gasteiger partial charge in [-0.05, 0) is 35.2 Å². The predicted molar refractivity (Wildman–Crippen MR) is 150 cm³/mol. The van der Waals surface area contributed by atoms with Crippen LogP contribution in [-0.2, 0) is 16.1 Å². The van der Waals surface area contributed by atoms with Crippen molar-refractivity contribution in [3.05, 3.63) is 107 Å². The number of carbonyl (C=O) groups excluding carboxylic acids is 2. The summed E-state index contributed by atoms with van der Waals surface area (Å²) in [5.74, 6) is 0.791. The second-order valence-corrected chi connectivity index (χ2v) is 10.2. The van der Waals surface area contributed by atoms with Gasteiger partial charge in [0.25, 0.3) is 0 Å². The number of hydrogen-bond donors (Lipinski definition) is 1. The molecule has 2 atom stereocenters. The lowest BCUT2D eigenvalue weighted by Gasteiger charge is -2.27. The maximum absolute atomic E-state index is 14.1. The van der Waals surface area contributed by atoms with E-state index in [1.807, 2.05) is 78.9 Å². The van der Waals surface area contributed by atoms with Gasteiger partial charge in [0.2, 0.25) is 5.91 Å². The van der Waals surface area contributed by atoms with Gasteiger partial charge in [-0.3, -0.25) is 9.69 Å². The number of esters is 1. The number of ether oxygens (including phenoxy) is 3. The summed E-state index contributed by atoms with van der Waals surface area (Å²) in [7, 11) is 1.31. The molecule has 6 rings (SSSR count). The molecule has 1 saturated heterocycles. The maximum Gasteiger partial charge on any atom is 0.360 e. The molecule has 41 heavy (non-hydrogen) atoms. The average molecular weight is 554 g/mol. The van der Waals surface area contributed by atoms with Crippen molar-refractivity contribution in [1.82, 2.24) is 25.2 Å². The summed E-state index contributed by atoms with van der Waals surface area (Å²) in [6.45, 7) is 2.09. The topological polar surface area (TPSA) is 108 Å². The summed E-state index contributed by atoms with van der Waals surface area (Å²) in [6, 6.07) is 24.9. The summed E-state index contributed by atoms with van der Waals surface area (Å²) < 4.78 is 17.9. The molecule has 0 radical (unpaired) electrons. The highest BCUT2D eigenvalue weighted by Crippen LogP contribution is 2.34. The molecule has 1 aromatic heterocycles. The molecular weight excluding hydrogens is 522 g/mol. The SMILES string of the molecule is COC(=O)c1cn([C@@H]2C[C@@H](C(=O)NC(c3ccccc3)c3ccccc3)N(Cc3ccc4c(c3)OCCO4)C2)nn1. The molecule has 0 saturated carbocycles. The van der Waals surface area contributed by atoms with Gasteiger partial charge in [-0.2, -0.15) is 0 Å². The number of aromatic nitrogens is 3. The van der Waals surface area contributed by atoms with Crippen LogP contribution in [0.1, 0.15) is 45.7 Å². The molecule has 2 aliphatic rings. The Kier molecular flexibility index (Phi) is 7.64. The van der Waals surface area contributed by atoms with Crippen molar-refractivity contribution < 1.29 is 23.8 Å². The van der Waals surface area contributed by atoms with Crippen LogP contribution in [-0.4, -0.2) is 64.7 Å². The van der Waals surface area contributed by atoms with Gasteiger partial charge >= 0.3 is 5.97 Å². The lowest BCUT2D eigenvalue weighted by atomic mass is 9.98. The first kappa shape index (κ1) is 26.5. The summed E-state index contributed by atoms with van der Waals surface area (Å²) in [4.78, 5) is 28.2. The Morgan fingerprint density at radius 3 is 2.34 bits per heavy atom. The van der Waals surface area contributed by atoms with E-state index in [2.05, 4.69) is 20.5 Å². The quantitative estimate of drug-likeness (QED) is 0.330. The van der Waals surface area contributed by atoms with Gasteiger partial charge in [-0.1, -0.05) is 71.9 Å². The van der Waals surface area contributed by atoms with Gasteiger partial charge < -0.3 is 19.5 Å². The van der Waals surface area contributed by atoms with Gasteiger partial charge in [0.05, 0.1) is 31.4 Å². The number of likely N-dealkylation sites (tertiary alicyclic amines) is 1. The number of methoxy groups -OCH3 is 1. The molecular formula is C31H31N5O5. The molecule has 0 bridgehead atoms. The minimum absolute atomic E-state index is 0.0870. The number of amides is 1. The van der Waals surface area contributed by atoms with Gasteiger partial charge in [-0.25, -0.2) is 9.48 Å². The molecule has 0 spiro atoms. The fraction of sp³-hybridized carbons (Fsp3) is 0.290. The number of nitrogens with zero attached hydrogens (tertiary/aromatic N) is 4. The van der Waals surface area contributed by atoms with Crippen molar-refractivity contribution >= 4 is 11.9 Å². The Morgan fingerprint density at radius 2 is 1.66 bits per heavy atom. The minimum Gasteiger partial charge on any atom is -0.486 e. The average Bonchev–Trinajstić information content (AvgIpc) is 3.68. The molecule has 2 aliphatic heterocycles. The van der Waals surface area contributed by atoms with Gasteiger partial charge in [-0.15, -0.1) is 5.10 Å². The third kappa shape index (κ3) is 5.78. The highest BCUT2D eigenvalue weighted by molar-refractivity contribution is 5.86. The summed E-state index contributed by atoms with van der Waals surface area (Å²) in [5.41, 5.74) is 3.13. The standard InChI is InChI=1S/C31H31N5O5/c1-39-31(38)25-20-36(34-33-25)24-17-26(35(19-24)18-21-12-13-27-28(16-21)41-15-14-40-27)30(37)32-29(22-8-4-2-5-9-22)23-10-6-3-7-11-23/h2-13,16,20,24,26,29H,14-15,17-19H2,1H3,(H,32,37)/t24-,26+/m1/s1. The Labute approximate surface area is 237 Å². The molecule has 10 nitrogen and oxygen atoms in total. The Morgan fingerprint density at radius 1 is 0.976 bits per heavy atom. The Bertz CT molecular complexity index is 1470. The van der Waals surface area contributed by atoms with Crippen molar-refractivity contribution in [1.29, 1.82) is 0 Å². The van der Waals surface area contributed by atoms with E-state index >= 15 is 0 Å². The molecule has 3 aromatic carbocycles. The van der Waals surface area contributed by atoms with E-state index in [4.69, 9.17) is 14.2 Å². The molecule has 1 amide bonds. The second kappa shape index (κ2) is 11.8. The van der Waals surface area contributed by atoms with Crippen molar-refractivity contribution in [3.63, 3.8) is 0 Å². The van der Waals surface area contributed by atoms with E-state index in [0.717, 1.165) is 22.4 Å². The first-order valence-corrected chi connectivity index (χ1v) is 13.6. The van der Waals surface area contributed by atoms with Crippen LogP contribution >= 0.6 is 0 Å². The van der Waals surface area contributed by atoms with Crippen LogP contribution in [0, 0.1) is 0 Å². The van der Waals surface area contributed by atoms with Crippen LogP contribution in [0.2, 0.25) is 0 Å². The van der Waals surface area contributed by atoms with E-state index in [1.54, 1.807) is 10.9 Å². The largest absolute Gasteiger partial charge is 0.486 e. The summed E-state index contributed by atoms with van der Waals surface area (Å²) in [5, 5.41) is 11.5. The first-order valence-electron chi connectivity index (χ1n) is 13.6. The molecule has 1 N–H and O–H groups in total. The fourth-order valence-electron chi connectivity index (χ4n) is 5.48. The normalized spacial score (nSPS) is 18.3. The first-order chi connectivity index (χ1) is 20.1. The third-order valence-corrected chi connectivity index (χ3v) is 7.51. The smallest absolute Gasteiger partial charge is 0.360 e. The van der Waals surface area contributed by atoms with Crippen molar-refractivity contribution in [2.75, 3.05) is 26.9 Å². The number of nitrogens with one attached hydrogen (secondary N) is 1. The molecule has 0 unspecified atom stereocenters. The van der Waals surface area contributed by atoms with Crippen LogP contribution in [0.15, 0.2) is 85.1 Å². The lowest BCUT2D eigenvalue weighted by Crippen LogP contribution is -2.44. The van der Waals surface area contributed by atoms with Crippen molar-refractivity contribution in [2.24, 2.45) is 0 Å². The van der Waals surface area contributed by atoms with Crippen LogP contribution in [0.4, 0.5) is 0 Å². The highest BCUT2D eigenvalue weighted by Gasteiger charge is 2.39. The zero-order valence-corrected chi connectivity index (χ0v) is 22.7. The minimum atomic E-state index is -0.551. The van der Waals surface area contributed by atoms with E-state index in [-0.39, 0.29) is 23.7 Å². The molecule has 10 heteroatoms. The molecule has 210 valence electrons. The number of carbonyl (C=O) groups is 2. The zero-order valence-electron chi connectivity index (χ0n) is 22.7. The number of rotatable bonds is 8. The second-order valence-electron chi connectivity index (χ2n) is 10.2. The third-order valence-electron chi connectivity index (χ3n) is 7.51. The Hall–Kier alpha value is -4.70. The van der Waals surface area contributed by atoms with Crippen LogP contribution in [0.5, 0.6) is 11.5 Å². The van der Waals surface area contributed by atoms with E-state index in [0.29, 0.717) is 38.5 Å².